The lowest BCUT2D eigenvalue weighted by atomic mass is 9.97. The van der Waals surface area contributed by atoms with E-state index in [0.717, 1.165) is 0 Å². The van der Waals surface area contributed by atoms with Gasteiger partial charge in [0.1, 0.15) is 4.90 Å². The van der Waals surface area contributed by atoms with Crippen LogP contribution in [0.15, 0.2) is 63.0 Å². The molecule has 0 bridgehead atoms. The zero-order valence-corrected chi connectivity index (χ0v) is 16.6. The number of aromatic amines is 1. The third kappa shape index (κ3) is 4.16. The first-order valence-electron chi connectivity index (χ1n) is 9.31. The smallest absolute Gasteiger partial charge is 0.326 e. The van der Waals surface area contributed by atoms with E-state index in [1.165, 1.54) is 22.8 Å². The molecule has 10 nitrogen and oxygen atoms in total. The lowest BCUT2D eigenvalue weighted by Gasteiger charge is -2.30. The molecule has 1 fully saturated rings. The Morgan fingerprint density at radius 1 is 1.20 bits per heavy atom. The number of benzene rings is 1. The molecule has 1 aromatic carbocycles. The number of piperidine rings is 1. The van der Waals surface area contributed by atoms with Gasteiger partial charge < -0.3 is 5.32 Å². The van der Waals surface area contributed by atoms with E-state index in [0.29, 0.717) is 24.1 Å². The summed E-state index contributed by atoms with van der Waals surface area (Å²) in [6.45, 7) is 0.519. The Labute approximate surface area is 172 Å². The summed E-state index contributed by atoms with van der Waals surface area (Å²) in [4.78, 5) is 30.3. The lowest BCUT2D eigenvalue weighted by Crippen LogP contribution is -2.41. The second kappa shape index (κ2) is 8.20. The summed E-state index contributed by atoms with van der Waals surface area (Å²) in [6.07, 6.45) is 3.68. The molecule has 1 amide bonds. The van der Waals surface area contributed by atoms with Crippen LogP contribution in [0.5, 0.6) is 0 Å². The van der Waals surface area contributed by atoms with Gasteiger partial charge in [-0.3, -0.25) is 19.3 Å². The SMILES string of the molecule is O=C(Nc1cccc(-c2noc(=O)[nH]2)c1)C1CCN(S(=O)(=O)c2cccnc2)CC1. The highest BCUT2D eigenvalue weighted by Crippen LogP contribution is 2.25. The van der Waals surface area contributed by atoms with Crippen LogP contribution >= 0.6 is 0 Å². The zero-order chi connectivity index (χ0) is 21.1. The van der Waals surface area contributed by atoms with Gasteiger partial charge in [-0.2, -0.15) is 4.31 Å². The molecule has 11 heteroatoms. The second-order valence-electron chi connectivity index (χ2n) is 6.88. The van der Waals surface area contributed by atoms with Crippen LogP contribution in [0.3, 0.4) is 0 Å². The van der Waals surface area contributed by atoms with Crippen molar-refractivity contribution in [3.63, 3.8) is 0 Å². The zero-order valence-electron chi connectivity index (χ0n) is 15.8. The number of pyridine rings is 1. The number of hydrogen-bond acceptors (Lipinski definition) is 7. The molecule has 0 atom stereocenters. The number of nitrogens with zero attached hydrogens (tertiary/aromatic N) is 3. The van der Waals surface area contributed by atoms with Crippen LogP contribution in [0.2, 0.25) is 0 Å². The summed E-state index contributed by atoms with van der Waals surface area (Å²) in [5.74, 6) is -0.877. The Hall–Kier alpha value is -3.31. The van der Waals surface area contributed by atoms with Gasteiger partial charge in [-0.1, -0.05) is 17.3 Å². The predicted molar refractivity (Wildman–Crippen MR) is 107 cm³/mol. The number of carbonyl (C=O) groups is 1. The predicted octanol–water partition coefficient (Wildman–Crippen LogP) is 1.46. The Morgan fingerprint density at radius 2 is 2.00 bits per heavy atom. The average Bonchev–Trinajstić information content (AvgIpc) is 3.21. The molecule has 2 aromatic heterocycles. The lowest BCUT2D eigenvalue weighted by molar-refractivity contribution is -0.120. The normalized spacial score (nSPS) is 15.7. The maximum Gasteiger partial charge on any atom is 0.439 e. The molecule has 1 saturated heterocycles. The summed E-state index contributed by atoms with van der Waals surface area (Å²) < 4.78 is 31.2. The molecule has 30 heavy (non-hydrogen) atoms. The van der Waals surface area contributed by atoms with E-state index >= 15 is 0 Å². The minimum atomic E-state index is -3.61. The van der Waals surface area contributed by atoms with E-state index in [1.807, 2.05) is 0 Å². The van der Waals surface area contributed by atoms with Crippen LogP contribution < -0.4 is 11.1 Å². The first-order valence-corrected chi connectivity index (χ1v) is 10.7. The Balaban J connectivity index is 1.39. The standard InChI is InChI=1S/C19H19N5O5S/c25-18(21-15-4-1-3-14(11-15)17-22-19(26)29-23-17)13-6-9-24(10-7-13)30(27,28)16-5-2-8-20-12-16/h1-5,8,11-13H,6-7,9-10H2,(H,21,25)(H,22,23,26). The van der Waals surface area contributed by atoms with Gasteiger partial charge in [0.2, 0.25) is 15.9 Å². The third-order valence-corrected chi connectivity index (χ3v) is 6.82. The molecule has 4 rings (SSSR count). The van der Waals surface area contributed by atoms with Crippen molar-refractivity contribution in [2.75, 3.05) is 18.4 Å². The minimum absolute atomic E-state index is 0.149. The molecule has 156 valence electrons. The molecule has 1 aliphatic heterocycles. The first-order chi connectivity index (χ1) is 14.4. The number of sulfonamides is 1. The number of amides is 1. The van der Waals surface area contributed by atoms with Crippen molar-refractivity contribution < 1.29 is 17.7 Å². The molecule has 0 aliphatic carbocycles. The minimum Gasteiger partial charge on any atom is -0.326 e. The molecule has 1 aliphatic rings. The van der Waals surface area contributed by atoms with Crippen LogP contribution in [0.25, 0.3) is 11.4 Å². The van der Waals surface area contributed by atoms with Crippen LogP contribution in [0.1, 0.15) is 12.8 Å². The summed E-state index contributed by atoms with van der Waals surface area (Å²) in [5, 5.41) is 6.48. The van der Waals surface area contributed by atoms with Crippen molar-refractivity contribution in [3.05, 3.63) is 59.3 Å². The third-order valence-electron chi connectivity index (χ3n) is 4.94. The largest absolute Gasteiger partial charge is 0.439 e. The van der Waals surface area contributed by atoms with Gasteiger partial charge >= 0.3 is 5.76 Å². The van der Waals surface area contributed by atoms with E-state index in [1.54, 1.807) is 30.3 Å². The molecule has 3 aromatic rings. The highest BCUT2D eigenvalue weighted by molar-refractivity contribution is 7.89. The molecule has 0 unspecified atom stereocenters. The van der Waals surface area contributed by atoms with E-state index in [9.17, 15) is 18.0 Å². The van der Waals surface area contributed by atoms with Gasteiger partial charge in [-0.25, -0.2) is 13.2 Å². The second-order valence-corrected chi connectivity index (χ2v) is 8.82. The maximum atomic E-state index is 12.7. The molecule has 2 N–H and O–H groups in total. The first kappa shape index (κ1) is 20.0. The van der Waals surface area contributed by atoms with E-state index < -0.39 is 15.8 Å². The topological polar surface area (TPSA) is 138 Å². The summed E-state index contributed by atoms with van der Waals surface area (Å²) in [7, 11) is -3.61. The fraction of sp³-hybridized carbons (Fsp3) is 0.263. The van der Waals surface area contributed by atoms with Crippen molar-refractivity contribution in [1.82, 2.24) is 19.4 Å². The molecular formula is C19H19N5O5S. The summed E-state index contributed by atoms with van der Waals surface area (Å²) in [5.41, 5.74) is 1.14. The van der Waals surface area contributed by atoms with Gasteiger partial charge in [0.05, 0.1) is 0 Å². The number of anilines is 1. The van der Waals surface area contributed by atoms with Crippen LogP contribution in [-0.2, 0) is 14.8 Å². The van der Waals surface area contributed by atoms with Gasteiger partial charge in [0.15, 0.2) is 5.82 Å². The fourth-order valence-corrected chi connectivity index (χ4v) is 4.78. The monoisotopic (exact) mass is 429 g/mol. The number of hydrogen-bond donors (Lipinski definition) is 2. The number of H-pyrrole nitrogens is 1. The van der Waals surface area contributed by atoms with Crippen molar-refractivity contribution >= 4 is 21.6 Å². The maximum absolute atomic E-state index is 12.7. The van der Waals surface area contributed by atoms with E-state index in [4.69, 9.17) is 0 Å². The number of rotatable bonds is 5. The van der Waals surface area contributed by atoms with Crippen LogP contribution in [-0.4, -0.2) is 46.8 Å². The highest BCUT2D eigenvalue weighted by atomic mass is 32.2. The molecular weight excluding hydrogens is 410 g/mol. The number of carbonyl (C=O) groups excluding carboxylic acids is 1. The molecule has 0 radical (unpaired) electrons. The summed E-state index contributed by atoms with van der Waals surface area (Å²) >= 11 is 0. The Bertz CT molecular complexity index is 1200. The summed E-state index contributed by atoms with van der Waals surface area (Å²) in [6, 6.07) is 9.94. The van der Waals surface area contributed by atoms with Crippen LogP contribution in [0.4, 0.5) is 5.69 Å². The van der Waals surface area contributed by atoms with Crippen LogP contribution in [0, 0.1) is 5.92 Å². The van der Waals surface area contributed by atoms with Crippen molar-refractivity contribution in [2.24, 2.45) is 5.92 Å². The quantitative estimate of drug-likeness (QED) is 0.626. The van der Waals surface area contributed by atoms with E-state index in [-0.39, 0.29) is 35.6 Å². The van der Waals surface area contributed by atoms with Gasteiger partial charge in [0, 0.05) is 42.7 Å². The van der Waals surface area contributed by atoms with E-state index in [2.05, 4.69) is 25.0 Å². The molecule has 0 spiro atoms. The van der Waals surface area contributed by atoms with Crippen molar-refractivity contribution in [2.45, 2.75) is 17.7 Å². The highest BCUT2D eigenvalue weighted by Gasteiger charge is 2.32. The van der Waals surface area contributed by atoms with Gasteiger partial charge in [-0.05, 0) is 37.1 Å². The van der Waals surface area contributed by atoms with Gasteiger partial charge in [-0.15, -0.1) is 0 Å². The van der Waals surface area contributed by atoms with Crippen molar-refractivity contribution in [1.29, 1.82) is 0 Å². The van der Waals surface area contributed by atoms with Crippen molar-refractivity contribution in [3.8, 4) is 11.4 Å². The van der Waals surface area contributed by atoms with Gasteiger partial charge in [0.25, 0.3) is 0 Å². The fourth-order valence-electron chi connectivity index (χ4n) is 3.35. The average molecular weight is 429 g/mol. The number of nitrogens with one attached hydrogen (secondary N) is 2. The Morgan fingerprint density at radius 3 is 2.67 bits per heavy atom. The number of aromatic nitrogens is 3. The Kier molecular flexibility index (Phi) is 5.46. The molecule has 0 saturated carbocycles. The molecule has 3 heterocycles.